The van der Waals surface area contributed by atoms with Crippen molar-refractivity contribution in [2.45, 2.75) is 62.8 Å². The quantitative estimate of drug-likeness (QED) is 0.341. The number of halogens is 6. The fourth-order valence-electron chi connectivity index (χ4n) is 7.01. The molecule has 0 saturated carbocycles. The van der Waals surface area contributed by atoms with E-state index in [1.807, 2.05) is 42.7 Å². The first kappa shape index (κ1) is 40.1. The van der Waals surface area contributed by atoms with E-state index >= 15 is 4.39 Å². The van der Waals surface area contributed by atoms with Crippen LogP contribution in [0.5, 0.6) is 5.75 Å². The first-order chi connectivity index (χ1) is 21.4. The first-order valence-electron chi connectivity index (χ1n) is 15.7. The van der Waals surface area contributed by atoms with Crippen molar-refractivity contribution in [2.24, 2.45) is 0 Å². The molecule has 48 heavy (non-hydrogen) atoms. The van der Waals surface area contributed by atoms with Gasteiger partial charge in [-0.1, -0.05) is 18.2 Å². The molecule has 0 spiro atoms. The molecule has 3 heterocycles. The first-order valence-corrected chi connectivity index (χ1v) is 17.5. The lowest BCUT2D eigenvalue weighted by Gasteiger charge is -2.40. The number of ether oxygens (including phenoxy) is 1. The summed E-state index contributed by atoms with van der Waals surface area (Å²) in [6, 6.07) is 10.9. The van der Waals surface area contributed by atoms with Gasteiger partial charge >= 0.3 is 6.18 Å². The molecule has 0 aromatic heterocycles. The molecule has 270 valence electrons. The van der Waals surface area contributed by atoms with Crippen molar-refractivity contribution in [3.8, 4) is 5.75 Å². The Kier molecular flexibility index (Phi) is 12.4. The van der Waals surface area contributed by atoms with Crippen LogP contribution >= 0.6 is 24.8 Å². The van der Waals surface area contributed by atoms with E-state index in [4.69, 9.17) is 4.74 Å². The van der Waals surface area contributed by atoms with Gasteiger partial charge in [0.05, 0.1) is 18.9 Å². The number of anilines is 1. The van der Waals surface area contributed by atoms with Crippen molar-refractivity contribution in [2.75, 3.05) is 70.6 Å². The smallest absolute Gasteiger partial charge is 0.416 e. The van der Waals surface area contributed by atoms with Gasteiger partial charge in [-0.05, 0) is 74.9 Å². The van der Waals surface area contributed by atoms with Gasteiger partial charge in [-0.25, -0.2) is 12.8 Å². The summed E-state index contributed by atoms with van der Waals surface area (Å²) in [6.45, 7) is 7.81. The van der Waals surface area contributed by atoms with Crippen LogP contribution in [-0.4, -0.2) is 105 Å². The molecule has 3 saturated heterocycles. The Morgan fingerprint density at radius 1 is 0.917 bits per heavy atom. The molecule has 15 heteroatoms. The maximum absolute atomic E-state index is 17.2. The number of piperidine rings is 1. The maximum Gasteiger partial charge on any atom is 0.416 e. The zero-order chi connectivity index (χ0) is 33.7. The van der Waals surface area contributed by atoms with Crippen molar-refractivity contribution < 1.29 is 35.5 Å². The van der Waals surface area contributed by atoms with E-state index in [1.54, 1.807) is 24.1 Å². The summed E-state index contributed by atoms with van der Waals surface area (Å²) in [6.07, 6.45) is -2.46. The molecule has 3 fully saturated rings. The summed E-state index contributed by atoms with van der Waals surface area (Å²) < 4.78 is 89.1. The fraction of sp³-hybridized carbons (Fsp3) is 0.606. The molecule has 2 aromatic carbocycles. The number of piperazine rings is 1. The van der Waals surface area contributed by atoms with Gasteiger partial charge in [0, 0.05) is 69.5 Å². The van der Waals surface area contributed by atoms with Crippen LogP contribution in [-0.2, 0) is 21.0 Å². The van der Waals surface area contributed by atoms with Crippen molar-refractivity contribution in [3.05, 3.63) is 59.2 Å². The van der Waals surface area contributed by atoms with Crippen LogP contribution in [0.2, 0.25) is 0 Å². The molecule has 0 unspecified atom stereocenters. The largest absolute Gasteiger partial charge is 0.497 e. The molecular weight excluding hydrogens is 695 g/mol. The number of sulfonamides is 1. The van der Waals surface area contributed by atoms with E-state index in [0.717, 1.165) is 29.5 Å². The summed E-state index contributed by atoms with van der Waals surface area (Å²) in [5.41, 5.74) is -1.36. The van der Waals surface area contributed by atoms with Crippen LogP contribution in [0.25, 0.3) is 0 Å². The molecule has 0 radical (unpaired) electrons. The summed E-state index contributed by atoms with van der Waals surface area (Å²) in [4.78, 5) is 19.4. The number of likely N-dealkylation sites (tertiary alicyclic amines) is 2. The Morgan fingerprint density at radius 3 is 2.00 bits per heavy atom. The van der Waals surface area contributed by atoms with E-state index in [1.165, 1.54) is 10.4 Å². The van der Waals surface area contributed by atoms with E-state index in [-0.39, 0.29) is 82.1 Å². The second kappa shape index (κ2) is 14.9. The molecule has 0 N–H and O–H groups in total. The highest BCUT2D eigenvalue weighted by atomic mass is 35.5. The fourth-order valence-corrected chi connectivity index (χ4v) is 7.83. The number of benzene rings is 2. The van der Waals surface area contributed by atoms with Crippen molar-refractivity contribution in [1.29, 1.82) is 0 Å². The summed E-state index contributed by atoms with van der Waals surface area (Å²) in [5.74, 6) is -0.720. The number of alkyl halides is 4. The molecule has 0 bridgehead atoms. The molecular formula is C33H46Cl2F4N4O4S. The standard InChI is InChI=1S/C33H44F4N4O4S.2ClH/c1-31(2,3)40-21-28(24-6-9-26(45-4)10-7-24)32(34,22-40)30(42)39-14-12-23(13-15-39)27-11-8-25(33(35,36)37)20-29(27)38-16-18-41(19-17-38)46(5,43)44;;/h6-11,20,23,28H,12-19,21-22H2,1-5H3;2*1H/t28-,32-;;/m0../s1. The zero-order valence-corrected chi connectivity index (χ0v) is 30.4. The van der Waals surface area contributed by atoms with Gasteiger partial charge < -0.3 is 14.5 Å². The van der Waals surface area contributed by atoms with Crippen molar-refractivity contribution >= 4 is 46.4 Å². The molecule has 3 aliphatic rings. The molecule has 2 atom stereocenters. The lowest BCUT2D eigenvalue weighted by atomic mass is 9.83. The Balaban J connectivity index is 0.00000312. The number of hydrogen-bond acceptors (Lipinski definition) is 6. The number of rotatable bonds is 6. The highest BCUT2D eigenvalue weighted by Gasteiger charge is 2.57. The lowest BCUT2D eigenvalue weighted by Crippen LogP contribution is -2.53. The normalized spacial score (nSPS) is 23.4. The minimum absolute atomic E-state index is 0. The van der Waals surface area contributed by atoms with Crippen LogP contribution < -0.4 is 9.64 Å². The SMILES string of the molecule is COc1ccc([C@@H]2CN(C(C)(C)C)C[C@@]2(F)C(=O)N2CCC(c3ccc(C(F)(F)F)cc3N3CCN(S(C)(=O)=O)CC3)CC2)cc1.Cl.Cl. The van der Waals surface area contributed by atoms with Gasteiger partial charge in [0.1, 0.15) is 5.75 Å². The van der Waals surface area contributed by atoms with E-state index < -0.39 is 39.3 Å². The van der Waals surface area contributed by atoms with Crippen molar-refractivity contribution in [3.63, 3.8) is 0 Å². The lowest BCUT2D eigenvalue weighted by molar-refractivity contribution is -0.145. The number of nitrogens with zero attached hydrogens (tertiary/aromatic N) is 4. The van der Waals surface area contributed by atoms with E-state index in [2.05, 4.69) is 0 Å². The third-order valence-corrected chi connectivity index (χ3v) is 11.1. The second-order valence-corrected chi connectivity index (χ2v) is 15.7. The predicted octanol–water partition coefficient (Wildman–Crippen LogP) is 5.95. The third-order valence-electron chi connectivity index (χ3n) is 9.83. The Morgan fingerprint density at radius 2 is 1.50 bits per heavy atom. The van der Waals surface area contributed by atoms with Gasteiger partial charge in [-0.2, -0.15) is 17.5 Å². The summed E-state index contributed by atoms with van der Waals surface area (Å²) in [7, 11) is -1.85. The molecule has 2 aromatic rings. The Hall–Kier alpha value is -2.32. The van der Waals surface area contributed by atoms with Crippen LogP contribution in [0, 0.1) is 0 Å². The molecule has 5 rings (SSSR count). The number of carbonyl (C=O) groups is 1. The van der Waals surface area contributed by atoms with Gasteiger partial charge in [0.25, 0.3) is 5.91 Å². The number of amides is 1. The topological polar surface area (TPSA) is 73.4 Å². The highest BCUT2D eigenvalue weighted by Crippen LogP contribution is 2.45. The number of hydrogen-bond donors (Lipinski definition) is 0. The summed E-state index contributed by atoms with van der Waals surface area (Å²) >= 11 is 0. The predicted molar refractivity (Wildman–Crippen MR) is 184 cm³/mol. The highest BCUT2D eigenvalue weighted by molar-refractivity contribution is 7.88. The molecule has 1 amide bonds. The Bertz CT molecular complexity index is 1530. The van der Waals surface area contributed by atoms with E-state index in [9.17, 15) is 26.4 Å². The third kappa shape index (κ3) is 8.34. The van der Waals surface area contributed by atoms with Crippen molar-refractivity contribution in [1.82, 2.24) is 14.1 Å². The zero-order valence-electron chi connectivity index (χ0n) is 27.9. The van der Waals surface area contributed by atoms with Gasteiger partial charge in [-0.3, -0.25) is 9.69 Å². The minimum atomic E-state index is -4.53. The number of methoxy groups -OCH3 is 1. The van der Waals surface area contributed by atoms with Crippen LogP contribution in [0.1, 0.15) is 62.1 Å². The van der Waals surface area contributed by atoms with E-state index in [0.29, 0.717) is 30.8 Å². The molecule has 8 nitrogen and oxygen atoms in total. The average molecular weight is 742 g/mol. The maximum atomic E-state index is 17.2. The van der Waals surface area contributed by atoms with Gasteiger partial charge in [0.2, 0.25) is 15.7 Å². The monoisotopic (exact) mass is 740 g/mol. The Labute approximate surface area is 293 Å². The summed E-state index contributed by atoms with van der Waals surface area (Å²) in [5, 5.41) is 0. The van der Waals surface area contributed by atoms with Crippen LogP contribution in [0.3, 0.4) is 0 Å². The van der Waals surface area contributed by atoms with Crippen LogP contribution in [0.4, 0.5) is 23.2 Å². The second-order valence-electron chi connectivity index (χ2n) is 13.7. The molecule has 0 aliphatic carbocycles. The minimum Gasteiger partial charge on any atom is -0.497 e. The van der Waals surface area contributed by atoms with Gasteiger partial charge in [-0.15, -0.1) is 24.8 Å². The van der Waals surface area contributed by atoms with Crippen LogP contribution in [0.15, 0.2) is 42.5 Å². The molecule has 3 aliphatic heterocycles. The van der Waals surface area contributed by atoms with Gasteiger partial charge in [0.15, 0.2) is 0 Å². The number of carbonyl (C=O) groups excluding carboxylic acids is 1. The average Bonchev–Trinajstić information content (AvgIpc) is 3.39.